The molecule has 0 atom stereocenters. The summed E-state index contributed by atoms with van der Waals surface area (Å²) >= 11 is 0. The highest BCUT2D eigenvalue weighted by atomic mass is 16.3. The molecule has 7 aromatic carbocycles. The maximum atomic E-state index is 6.93. The van der Waals surface area contributed by atoms with E-state index in [9.17, 15) is 0 Å². The number of hydrogen-bond acceptors (Lipinski definition) is 3. The fraction of sp³-hybridized carbons (Fsp3) is 0.0385. The highest BCUT2D eigenvalue weighted by Crippen LogP contribution is 2.41. The van der Waals surface area contributed by atoms with Crippen LogP contribution in [0.2, 0.25) is 0 Å². The molecule has 0 N–H and O–H groups in total. The second-order valence-corrected chi connectivity index (χ2v) is 14.5. The molecule has 10 aromatic rings. The average Bonchev–Trinajstić information content (AvgIpc) is 3.82. The zero-order chi connectivity index (χ0) is 37.0. The summed E-state index contributed by atoms with van der Waals surface area (Å²) in [6, 6.07) is 59.9. The van der Waals surface area contributed by atoms with Crippen molar-refractivity contribution in [3.63, 3.8) is 0 Å². The Morgan fingerprint density at radius 2 is 1.11 bits per heavy atom. The number of hydrogen-bond donors (Lipinski definition) is 0. The Morgan fingerprint density at radius 1 is 0.464 bits per heavy atom. The lowest BCUT2D eigenvalue weighted by Gasteiger charge is -2.11. The lowest BCUT2D eigenvalue weighted by Crippen LogP contribution is -1.95. The van der Waals surface area contributed by atoms with E-state index in [4.69, 9.17) is 14.4 Å². The van der Waals surface area contributed by atoms with E-state index in [0.717, 1.165) is 79.6 Å². The molecule has 0 saturated carbocycles. The molecular formula is C52H35N3O. The molecular weight excluding hydrogens is 683 g/mol. The lowest BCUT2D eigenvalue weighted by atomic mass is 9.95. The van der Waals surface area contributed by atoms with Crippen LogP contribution < -0.4 is 0 Å². The van der Waals surface area contributed by atoms with Crippen molar-refractivity contribution in [1.82, 2.24) is 14.5 Å². The van der Waals surface area contributed by atoms with Gasteiger partial charge in [0.2, 0.25) is 0 Å². The number of aromatic nitrogens is 3. The summed E-state index contributed by atoms with van der Waals surface area (Å²) in [5.41, 5.74) is 14.7. The van der Waals surface area contributed by atoms with Crippen LogP contribution in [0.3, 0.4) is 0 Å². The molecule has 0 amide bonds. The van der Waals surface area contributed by atoms with Crippen LogP contribution in [-0.2, 0) is 0 Å². The van der Waals surface area contributed by atoms with E-state index in [2.05, 4.69) is 156 Å². The molecule has 0 radical (unpaired) electrons. The highest BCUT2D eigenvalue weighted by Gasteiger charge is 2.20. The summed E-state index contributed by atoms with van der Waals surface area (Å²) in [7, 11) is 0. The summed E-state index contributed by atoms with van der Waals surface area (Å²) in [4.78, 5) is 10.1. The van der Waals surface area contributed by atoms with Gasteiger partial charge in [0.25, 0.3) is 0 Å². The van der Waals surface area contributed by atoms with Crippen LogP contribution in [0.4, 0.5) is 0 Å². The molecule has 11 rings (SSSR count). The Kier molecular flexibility index (Phi) is 7.59. The van der Waals surface area contributed by atoms with Crippen LogP contribution in [0.1, 0.15) is 18.4 Å². The second-order valence-electron chi connectivity index (χ2n) is 14.5. The zero-order valence-corrected chi connectivity index (χ0v) is 30.6. The normalized spacial score (nSPS) is 12.9. The van der Waals surface area contributed by atoms with Crippen molar-refractivity contribution >= 4 is 49.3 Å². The largest absolute Gasteiger partial charge is 0.454 e. The summed E-state index contributed by atoms with van der Waals surface area (Å²) in [5, 5.41) is 4.59. The summed E-state index contributed by atoms with van der Waals surface area (Å²) in [6.07, 6.45) is 8.80. The minimum atomic E-state index is 0.690. The maximum Gasteiger partial charge on any atom is 0.160 e. The van der Waals surface area contributed by atoms with Crippen molar-refractivity contribution < 1.29 is 4.42 Å². The standard InChI is InChI=1S/C52H35N3O/c1-5-14-34(15-6-1)38-25-28-47-43(30-38)44-31-39(35-16-7-2-8-17-35)26-29-48(44)55(47)49-23-13-22-42-41-27-24-40(32-50(41)56-51(42)49)46-33-45(36-18-9-3-10-19-36)53-52(54-46)37-20-11-4-12-21-37/h1-7,9-16,18-33H,8,17H2. The van der Waals surface area contributed by atoms with E-state index < -0.39 is 0 Å². The van der Waals surface area contributed by atoms with Gasteiger partial charge in [0, 0.05) is 38.2 Å². The number of nitrogens with zero attached hydrogens (tertiary/aromatic N) is 3. The fourth-order valence-electron chi connectivity index (χ4n) is 8.32. The van der Waals surface area contributed by atoms with Crippen molar-refractivity contribution in [2.24, 2.45) is 0 Å². The SMILES string of the molecule is C1=CCCC(c2ccc3c(c2)c2cc(-c4ccccc4)ccc2n3-c2cccc3c2oc2cc(-c4cc(-c5ccccc5)nc(-c5ccccc5)n4)ccc23)=C1. The van der Waals surface area contributed by atoms with Crippen LogP contribution >= 0.6 is 0 Å². The van der Waals surface area contributed by atoms with Gasteiger partial charge in [-0.1, -0.05) is 140 Å². The smallest absolute Gasteiger partial charge is 0.160 e. The van der Waals surface area contributed by atoms with Gasteiger partial charge in [0.05, 0.1) is 28.1 Å². The Hall–Kier alpha value is -7.30. The predicted octanol–water partition coefficient (Wildman–Crippen LogP) is 13.9. The number of fused-ring (bicyclic) bond motifs is 6. The topological polar surface area (TPSA) is 43.9 Å². The van der Waals surface area contributed by atoms with E-state index in [-0.39, 0.29) is 0 Å². The molecule has 0 aliphatic heterocycles. The zero-order valence-electron chi connectivity index (χ0n) is 30.6. The Bertz CT molecular complexity index is 3110. The van der Waals surface area contributed by atoms with E-state index in [1.165, 1.54) is 33.0 Å². The van der Waals surface area contributed by atoms with Gasteiger partial charge in [-0.25, -0.2) is 9.97 Å². The number of benzene rings is 7. The summed E-state index contributed by atoms with van der Waals surface area (Å²) in [5.74, 6) is 0.690. The molecule has 1 aliphatic rings. The molecule has 0 saturated heterocycles. The third-order valence-corrected chi connectivity index (χ3v) is 11.1. The van der Waals surface area contributed by atoms with Gasteiger partial charge in [-0.15, -0.1) is 0 Å². The number of furan rings is 1. The van der Waals surface area contributed by atoms with E-state index >= 15 is 0 Å². The molecule has 0 spiro atoms. The van der Waals surface area contributed by atoms with Gasteiger partial charge in [-0.3, -0.25) is 0 Å². The number of rotatable bonds is 6. The molecule has 0 bridgehead atoms. The van der Waals surface area contributed by atoms with Crippen LogP contribution in [0.5, 0.6) is 0 Å². The first-order valence-electron chi connectivity index (χ1n) is 19.2. The summed E-state index contributed by atoms with van der Waals surface area (Å²) < 4.78 is 9.31. The van der Waals surface area contributed by atoms with Crippen LogP contribution in [0.25, 0.3) is 100 Å². The monoisotopic (exact) mass is 717 g/mol. The van der Waals surface area contributed by atoms with E-state index in [1.54, 1.807) is 0 Å². The quantitative estimate of drug-likeness (QED) is 0.172. The van der Waals surface area contributed by atoms with Crippen molar-refractivity contribution in [1.29, 1.82) is 0 Å². The molecule has 4 heteroatoms. The predicted molar refractivity (Wildman–Crippen MR) is 232 cm³/mol. The average molecular weight is 718 g/mol. The van der Waals surface area contributed by atoms with Crippen molar-refractivity contribution in [3.8, 4) is 50.7 Å². The summed E-state index contributed by atoms with van der Waals surface area (Å²) in [6.45, 7) is 0. The third-order valence-electron chi connectivity index (χ3n) is 11.1. The van der Waals surface area contributed by atoms with Gasteiger partial charge in [-0.05, 0) is 83.6 Å². The molecule has 4 nitrogen and oxygen atoms in total. The van der Waals surface area contributed by atoms with Crippen molar-refractivity contribution in [2.75, 3.05) is 0 Å². The number of para-hydroxylation sites is 1. The first-order chi connectivity index (χ1) is 27.7. The van der Waals surface area contributed by atoms with Crippen LogP contribution in [0, 0.1) is 0 Å². The minimum absolute atomic E-state index is 0.690. The molecule has 264 valence electrons. The van der Waals surface area contributed by atoms with E-state index in [0.29, 0.717) is 5.82 Å². The van der Waals surface area contributed by atoms with Gasteiger partial charge in [-0.2, -0.15) is 0 Å². The Labute approximate surface area is 324 Å². The van der Waals surface area contributed by atoms with Gasteiger partial charge < -0.3 is 8.98 Å². The molecule has 3 aromatic heterocycles. The van der Waals surface area contributed by atoms with Crippen LogP contribution in [-0.4, -0.2) is 14.5 Å². The maximum absolute atomic E-state index is 6.93. The molecule has 56 heavy (non-hydrogen) atoms. The highest BCUT2D eigenvalue weighted by molar-refractivity contribution is 6.14. The van der Waals surface area contributed by atoms with Crippen molar-refractivity contribution in [3.05, 3.63) is 194 Å². The Balaban J connectivity index is 1.10. The first-order valence-corrected chi connectivity index (χ1v) is 19.2. The van der Waals surface area contributed by atoms with Crippen LogP contribution in [0.15, 0.2) is 193 Å². The van der Waals surface area contributed by atoms with E-state index in [1.807, 2.05) is 36.4 Å². The second kappa shape index (κ2) is 13.2. The van der Waals surface area contributed by atoms with Gasteiger partial charge in [0.15, 0.2) is 11.4 Å². The van der Waals surface area contributed by atoms with Gasteiger partial charge >= 0.3 is 0 Å². The molecule has 0 unspecified atom stereocenters. The first kappa shape index (κ1) is 32.2. The lowest BCUT2D eigenvalue weighted by molar-refractivity contribution is 0.666. The van der Waals surface area contributed by atoms with Crippen molar-refractivity contribution in [2.45, 2.75) is 12.8 Å². The molecule has 3 heterocycles. The van der Waals surface area contributed by atoms with Gasteiger partial charge in [0.1, 0.15) is 5.58 Å². The molecule has 1 aliphatic carbocycles. The Morgan fingerprint density at radius 3 is 1.82 bits per heavy atom. The molecule has 0 fully saturated rings. The fourth-order valence-corrected chi connectivity index (χ4v) is 8.32. The number of allylic oxidation sites excluding steroid dienone is 4. The minimum Gasteiger partial charge on any atom is -0.454 e. The third kappa shape index (κ3) is 5.46.